The molecule has 2 heteroatoms. The molecule has 0 aliphatic heterocycles. The summed E-state index contributed by atoms with van der Waals surface area (Å²) in [6.07, 6.45) is 4.28. The second-order valence-electron chi connectivity index (χ2n) is 3.65. The van der Waals surface area contributed by atoms with Crippen molar-refractivity contribution in [2.24, 2.45) is 0 Å². The molecule has 0 atom stereocenters. The molecule has 66 valence electrons. The lowest BCUT2D eigenvalue weighted by molar-refractivity contribution is 0.403. The van der Waals surface area contributed by atoms with E-state index < -0.39 is 8.32 Å². The van der Waals surface area contributed by atoms with Gasteiger partial charge in [-0.3, -0.25) is 0 Å². The SMILES string of the molecule is CC/C=C(\CC)O[Si](C)(C)C. The monoisotopic (exact) mass is 172 g/mol. The Labute approximate surface area is 71.6 Å². The predicted molar refractivity (Wildman–Crippen MR) is 53.1 cm³/mol. The highest BCUT2D eigenvalue weighted by atomic mass is 28.4. The van der Waals surface area contributed by atoms with Crippen LogP contribution in [0.3, 0.4) is 0 Å². The molecule has 0 heterocycles. The first-order chi connectivity index (χ1) is 4.99. The van der Waals surface area contributed by atoms with Crippen LogP contribution in [0.15, 0.2) is 11.8 Å². The van der Waals surface area contributed by atoms with Crippen molar-refractivity contribution in [2.45, 2.75) is 46.3 Å². The van der Waals surface area contributed by atoms with Crippen molar-refractivity contribution < 1.29 is 4.43 Å². The van der Waals surface area contributed by atoms with E-state index >= 15 is 0 Å². The molecule has 0 aromatic rings. The molecule has 0 saturated heterocycles. The molecule has 0 N–H and O–H groups in total. The molecule has 11 heavy (non-hydrogen) atoms. The summed E-state index contributed by atoms with van der Waals surface area (Å²) in [6.45, 7) is 10.9. The summed E-state index contributed by atoms with van der Waals surface area (Å²) < 4.78 is 5.83. The highest BCUT2D eigenvalue weighted by molar-refractivity contribution is 6.70. The van der Waals surface area contributed by atoms with Crippen LogP contribution in [0.4, 0.5) is 0 Å². The standard InChI is InChI=1S/C9H20OSi/c1-6-8-9(7-2)10-11(3,4)5/h8H,6-7H2,1-5H3/b9-8+. The van der Waals surface area contributed by atoms with E-state index in [1.54, 1.807) is 0 Å². The van der Waals surface area contributed by atoms with Crippen LogP contribution in [0.25, 0.3) is 0 Å². The van der Waals surface area contributed by atoms with E-state index in [9.17, 15) is 0 Å². The van der Waals surface area contributed by atoms with E-state index in [0.717, 1.165) is 12.8 Å². The van der Waals surface area contributed by atoms with Gasteiger partial charge in [-0.05, 0) is 32.1 Å². The van der Waals surface area contributed by atoms with Gasteiger partial charge in [0.1, 0.15) is 0 Å². The van der Waals surface area contributed by atoms with Crippen molar-refractivity contribution in [2.75, 3.05) is 0 Å². The van der Waals surface area contributed by atoms with E-state index in [1.165, 1.54) is 5.76 Å². The molecule has 0 aromatic heterocycles. The second kappa shape index (κ2) is 4.60. The third-order valence-electron chi connectivity index (χ3n) is 1.22. The van der Waals surface area contributed by atoms with Crippen LogP contribution >= 0.6 is 0 Å². The first kappa shape index (κ1) is 10.8. The van der Waals surface area contributed by atoms with Crippen LogP contribution in [-0.2, 0) is 4.43 Å². The molecule has 1 nitrogen and oxygen atoms in total. The lowest BCUT2D eigenvalue weighted by atomic mass is 10.3. The molecular formula is C9H20OSi. The molecular weight excluding hydrogens is 152 g/mol. The summed E-state index contributed by atoms with van der Waals surface area (Å²) in [5.74, 6) is 1.17. The quantitative estimate of drug-likeness (QED) is 0.465. The third-order valence-corrected chi connectivity index (χ3v) is 2.09. The van der Waals surface area contributed by atoms with Gasteiger partial charge in [-0.15, -0.1) is 0 Å². The van der Waals surface area contributed by atoms with Gasteiger partial charge in [-0.2, -0.15) is 0 Å². The Balaban J connectivity index is 3.99. The van der Waals surface area contributed by atoms with Crippen LogP contribution in [0.1, 0.15) is 26.7 Å². The molecule has 0 aliphatic rings. The lowest BCUT2D eigenvalue weighted by Crippen LogP contribution is -2.24. The Hall–Kier alpha value is -0.243. The zero-order valence-corrected chi connectivity index (χ0v) is 9.40. The number of rotatable bonds is 4. The predicted octanol–water partition coefficient (Wildman–Crippen LogP) is 3.54. The second-order valence-corrected chi connectivity index (χ2v) is 8.08. The van der Waals surface area contributed by atoms with Crippen molar-refractivity contribution in [1.82, 2.24) is 0 Å². The third kappa shape index (κ3) is 6.17. The van der Waals surface area contributed by atoms with E-state index in [1.807, 2.05) is 0 Å². The van der Waals surface area contributed by atoms with Crippen LogP contribution in [0.2, 0.25) is 19.6 Å². The van der Waals surface area contributed by atoms with Crippen molar-refractivity contribution in [3.63, 3.8) is 0 Å². The van der Waals surface area contributed by atoms with Crippen molar-refractivity contribution in [3.05, 3.63) is 11.8 Å². The van der Waals surface area contributed by atoms with Gasteiger partial charge in [-0.1, -0.05) is 13.8 Å². The maximum Gasteiger partial charge on any atom is 0.241 e. The summed E-state index contributed by atoms with van der Waals surface area (Å²) in [5.41, 5.74) is 0. The highest BCUT2D eigenvalue weighted by Gasteiger charge is 2.16. The van der Waals surface area contributed by atoms with Gasteiger partial charge in [-0.25, -0.2) is 0 Å². The van der Waals surface area contributed by atoms with Gasteiger partial charge in [0, 0.05) is 6.42 Å². The first-order valence-corrected chi connectivity index (χ1v) is 7.78. The molecule has 0 amide bonds. The average molecular weight is 172 g/mol. The Morgan fingerprint density at radius 1 is 1.27 bits per heavy atom. The zero-order valence-electron chi connectivity index (χ0n) is 8.40. The average Bonchev–Trinajstić information content (AvgIpc) is 1.84. The minimum absolute atomic E-state index is 1.03. The van der Waals surface area contributed by atoms with Crippen LogP contribution in [0, 0.1) is 0 Å². The topological polar surface area (TPSA) is 9.23 Å². The minimum atomic E-state index is -1.35. The van der Waals surface area contributed by atoms with Crippen LogP contribution in [0.5, 0.6) is 0 Å². The van der Waals surface area contributed by atoms with Gasteiger partial charge in [0.05, 0.1) is 5.76 Å². The molecule has 0 aliphatic carbocycles. The molecule has 0 rings (SSSR count). The highest BCUT2D eigenvalue weighted by Crippen LogP contribution is 2.13. The fraction of sp³-hybridized carbons (Fsp3) is 0.778. The van der Waals surface area contributed by atoms with Crippen molar-refractivity contribution >= 4 is 8.32 Å². The van der Waals surface area contributed by atoms with Crippen molar-refractivity contribution in [3.8, 4) is 0 Å². The molecule has 0 saturated carbocycles. The van der Waals surface area contributed by atoms with Crippen molar-refractivity contribution in [1.29, 1.82) is 0 Å². The Morgan fingerprint density at radius 2 is 1.82 bits per heavy atom. The zero-order chi connectivity index (χ0) is 8.91. The fourth-order valence-electron chi connectivity index (χ4n) is 0.879. The molecule has 0 radical (unpaired) electrons. The summed E-state index contributed by atoms with van der Waals surface area (Å²) in [6, 6.07) is 0. The molecule has 0 fully saturated rings. The molecule has 0 aromatic carbocycles. The number of hydrogen-bond donors (Lipinski definition) is 0. The van der Waals surface area contributed by atoms with Crippen LogP contribution < -0.4 is 0 Å². The fourth-order valence-corrected chi connectivity index (χ4v) is 1.89. The molecule has 0 unspecified atom stereocenters. The maximum absolute atomic E-state index is 5.83. The molecule has 0 spiro atoms. The van der Waals surface area contributed by atoms with Gasteiger partial charge >= 0.3 is 0 Å². The summed E-state index contributed by atoms with van der Waals surface area (Å²) >= 11 is 0. The Kier molecular flexibility index (Phi) is 4.50. The van der Waals surface area contributed by atoms with E-state index in [-0.39, 0.29) is 0 Å². The first-order valence-electron chi connectivity index (χ1n) is 4.37. The summed E-state index contributed by atoms with van der Waals surface area (Å²) in [5, 5.41) is 0. The Morgan fingerprint density at radius 3 is 2.09 bits per heavy atom. The minimum Gasteiger partial charge on any atom is -0.548 e. The van der Waals surface area contributed by atoms with E-state index in [2.05, 4.69) is 39.6 Å². The number of hydrogen-bond acceptors (Lipinski definition) is 1. The smallest absolute Gasteiger partial charge is 0.241 e. The van der Waals surface area contributed by atoms with Gasteiger partial charge in [0.2, 0.25) is 8.32 Å². The van der Waals surface area contributed by atoms with Gasteiger partial charge in [0.25, 0.3) is 0 Å². The largest absolute Gasteiger partial charge is 0.548 e. The lowest BCUT2D eigenvalue weighted by Gasteiger charge is -2.20. The number of allylic oxidation sites excluding steroid dienone is 2. The van der Waals surface area contributed by atoms with Gasteiger partial charge < -0.3 is 4.43 Å². The van der Waals surface area contributed by atoms with E-state index in [0.29, 0.717) is 0 Å². The summed E-state index contributed by atoms with van der Waals surface area (Å²) in [7, 11) is -1.35. The normalized spacial score (nSPS) is 13.4. The maximum atomic E-state index is 5.83. The van der Waals surface area contributed by atoms with Crippen LogP contribution in [-0.4, -0.2) is 8.32 Å². The summed E-state index contributed by atoms with van der Waals surface area (Å²) in [4.78, 5) is 0. The molecule has 0 bridgehead atoms. The Bertz CT molecular complexity index is 133. The van der Waals surface area contributed by atoms with E-state index in [4.69, 9.17) is 4.43 Å². The van der Waals surface area contributed by atoms with Gasteiger partial charge in [0.15, 0.2) is 0 Å².